The second-order valence-corrected chi connectivity index (χ2v) is 5.72. The quantitative estimate of drug-likeness (QED) is 0.769. The molecule has 3 rings (SSSR count). The average molecular weight is 282 g/mol. The number of aromatic nitrogens is 3. The normalized spacial score (nSPS) is 35.1. The summed E-state index contributed by atoms with van der Waals surface area (Å²) in [4.78, 5) is 14.9. The van der Waals surface area contributed by atoms with E-state index in [9.17, 15) is 9.90 Å². The zero-order valence-electron chi connectivity index (χ0n) is 11.4. The van der Waals surface area contributed by atoms with Crippen molar-refractivity contribution < 1.29 is 19.4 Å². The molecule has 1 aliphatic carbocycles. The van der Waals surface area contributed by atoms with Crippen molar-refractivity contribution in [3.63, 3.8) is 0 Å². The predicted molar refractivity (Wildman–Crippen MR) is 66.6 cm³/mol. The van der Waals surface area contributed by atoms with Crippen LogP contribution in [0.2, 0.25) is 0 Å². The summed E-state index contributed by atoms with van der Waals surface area (Å²) in [5.74, 6) is -1.39. The van der Waals surface area contributed by atoms with Gasteiger partial charge in [-0.3, -0.25) is 4.79 Å². The van der Waals surface area contributed by atoms with E-state index in [0.717, 1.165) is 0 Å². The van der Waals surface area contributed by atoms with Crippen molar-refractivity contribution in [1.29, 1.82) is 0 Å². The minimum absolute atomic E-state index is 0.0204. The standard InChI is InChI=1S/C12H18N4O4/c1-12(2)19-8-6(4-17)3-7(9(8)20-12)16-5-14-11(15-16)10(13)18/h5-9,17H,3-4H2,1-2H3,(H2,13,18)/t6-,7-,8-,9+/m1/s1. The Morgan fingerprint density at radius 3 is 2.85 bits per heavy atom. The van der Waals surface area contributed by atoms with Gasteiger partial charge in [0.1, 0.15) is 12.4 Å². The Bertz CT molecular complexity index is 529. The largest absolute Gasteiger partial charge is 0.396 e. The number of ether oxygens (including phenoxy) is 2. The lowest BCUT2D eigenvalue weighted by atomic mass is 10.1. The number of aliphatic hydroxyl groups excluding tert-OH is 1. The van der Waals surface area contributed by atoms with Gasteiger partial charge in [0, 0.05) is 12.5 Å². The molecule has 4 atom stereocenters. The molecule has 1 aromatic rings. The molecule has 1 saturated carbocycles. The Balaban J connectivity index is 1.87. The van der Waals surface area contributed by atoms with Crippen LogP contribution in [0.4, 0.5) is 0 Å². The van der Waals surface area contributed by atoms with E-state index in [-0.39, 0.29) is 36.6 Å². The minimum Gasteiger partial charge on any atom is -0.396 e. The molecule has 3 N–H and O–H groups in total. The fraction of sp³-hybridized carbons (Fsp3) is 0.750. The molecule has 8 nitrogen and oxygen atoms in total. The maximum Gasteiger partial charge on any atom is 0.288 e. The number of hydrogen-bond acceptors (Lipinski definition) is 6. The monoisotopic (exact) mass is 282 g/mol. The van der Waals surface area contributed by atoms with E-state index in [1.54, 1.807) is 4.68 Å². The summed E-state index contributed by atoms with van der Waals surface area (Å²) in [6.07, 6.45) is 1.73. The highest BCUT2D eigenvalue weighted by atomic mass is 16.8. The van der Waals surface area contributed by atoms with Crippen molar-refractivity contribution in [3.05, 3.63) is 12.2 Å². The Labute approximate surface area is 115 Å². The number of rotatable bonds is 3. The minimum atomic E-state index is -0.686. The van der Waals surface area contributed by atoms with Gasteiger partial charge in [-0.15, -0.1) is 5.10 Å². The topological polar surface area (TPSA) is 112 Å². The second kappa shape index (κ2) is 4.51. The van der Waals surface area contributed by atoms with Gasteiger partial charge in [0.15, 0.2) is 5.79 Å². The average Bonchev–Trinajstić information content (AvgIpc) is 3.01. The second-order valence-electron chi connectivity index (χ2n) is 5.72. The molecule has 1 aliphatic heterocycles. The van der Waals surface area contributed by atoms with Crippen LogP contribution in [0, 0.1) is 5.92 Å². The number of carbonyl (C=O) groups excluding carboxylic acids is 1. The van der Waals surface area contributed by atoms with Crippen molar-refractivity contribution in [2.45, 2.75) is 44.3 Å². The van der Waals surface area contributed by atoms with Crippen molar-refractivity contribution in [2.24, 2.45) is 11.7 Å². The molecule has 20 heavy (non-hydrogen) atoms. The summed E-state index contributed by atoms with van der Waals surface area (Å²) in [5.41, 5.74) is 5.16. The molecule has 0 bridgehead atoms. The molecule has 2 heterocycles. The van der Waals surface area contributed by atoms with Crippen molar-refractivity contribution in [3.8, 4) is 0 Å². The highest BCUT2D eigenvalue weighted by Crippen LogP contribution is 2.46. The summed E-state index contributed by atoms with van der Waals surface area (Å²) in [7, 11) is 0. The lowest BCUT2D eigenvalue weighted by molar-refractivity contribution is -0.162. The van der Waals surface area contributed by atoms with Crippen LogP contribution in [0.25, 0.3) is 0 Å². The SMILES string of the molecule is CC1(C)O[C@@H]2[C@@H](CO)C[C@@H](n3cnc(C(N)=O)n3)[C@@H]2O1. The summed E-state index contributed by atoms with van der Waals surface area (Å²) in [5, 5.41) is 13.6. The molecule has 1 aromatic heterocycles. The molecule has 2 aliphatic rings. The molecular formula is C12H18N4O4. The number of nitrogens with two attached hydrogens (primary N) is 1. The lowest BCUT2D eigenvalue weighted by Gasteiger charge is -2.22. The van der Waals surface area contributed by atoms with E-state index in [1.165, 1.54) is 6.33 Å². The number of carbonyl (C=O) groups is 1. The number of fused-ring (bicyclic) bond motifs is 1. The molecule has 0 radical (unpaired) electrons. The van der Waals surface area contributed by atoms with Gasteiger partial charge in [0.2, 0.25) is 5.82 Å². The first-order chi connectivity index (χ1) is 9.41. The van der Waals surface area contributed by atoms with Crippen LogP contribution >= 0.6 is 0 Å². The molecule has 0 unspecified atom stereocenters. The van der Waals surface area contributed by atoms with Crippen LogP contribution in [0.5, 0.6) is 0 Å². The van der Waals surface area contributed by atoms with Crippen molar-refractivity contribution in [2.75, 3.05) is 6.61 Å². The third-order valence-corrected chi connectivity index (χ3v) is 3.85. The Morgan fingerprint density at radius 2 is 2.25 bits per heavy atom. The van der Waals surface area contributed by atoms with Crippen LogP contribution in [-0.2, 0) is 9.47 Å². The van der Waals surface area contributed by atoms with Gasteiger partial charge in [-0.05, 0) is 20.3 Å². The lowest BCUT2D eigenvalue weighted by Crippen LogP contribution is -2.28. The molecule has 0 spiro atoms. The summed E-state index contributed by atoms with van der Waals surface area (Å²) in [6.45, 7) is 3.70. The Morgan fingerprint density at radius 1 is 1.55 bits per heavy atom. The molecular weight excluding hydrogens is 264 g/mol. The van der Waals surface area contributed by atoms with E-state index >= 15 is 0 Å². The third-order valence-electron chi connectivity index (χ3n) is 3.85. The zero-order valence-corrected chi connectivity index (χ0v) is 11.4. The van der Waals surface area contributed by atoms with Gasteiger partial charge >= 0.3 is 0 Å². The fourth-order valence-corrected chi connectivity index (χ4v) is 3.04. The highest BCUT2D eigenvalue weighted by molar-refractivity contribution is 5.88. The number of aliphatic hydroxyl groups is 1. The highest BCUT2D eigenvalue weighted by Gasteiger charge is 2.54. The Hall–Kier alpha value is -1.51. The maximum absolute atomic E-state index is 11.1. The van der Waals surface area contributed by atoms with Gasteiger partial charge in [0.25, 0.3) is 5.91 Å². The van der Waals surface area contributed by atoms with E-state index in [2.05, 4.69) is 10.1 Å². The summed E-state index contributed by atoms with van der Waals surface area (Å²) < 4.78 is 13.3. The number of primary amides is 1. The summed E-state index contributed by atoms with van der Waals surface area (Å²) in [6, 6.07) is -0.125. The van der Waals surface area contributed by atoms with E-state index < -0.39 is 11.7 Å². The maximum atomic E-state index is 11.1. The van der Waals surface area contributed by atoms with Crippen LogP contribution in [-0.4, -0.2) is 50.4 Å². The van der Waals surface area contributed by atoms with Gasteiger partial charge in [-0.1, -0.05) is 0 Å². The fourth-order valence-electron chi connectivity index (χ4n) is 3.04. The first kappa shape index (κ1) is 13.5. The Kier molecular flexibility index (Phi) is 3.03. The van der Waals surface area contributed by atoms with Crippen molar-refractivity contribution >= 4 is 5.91 Å². The number of hydrogen-bond donors (Lipinski definition) is 2. The van der Waals surface area contributed by atoms with Crippen LogP contribution < -0.4 is 5.73 Å². The molecule has 1 amide bonds. The molecule has 2 fully saturated rings. The van der Waals surface area contributed by atoms with E-state index in [1.807, 2.05) is 13.8 Å². The van der Waals surface area contributed by atoms with Crippen LogP contribution in [0.3, 0.4) is 0 Å². The molecule has 110 valence electrons. The van der Waals surface area contributed by atoms with Gasteiger partial charge < -0.3 is 20.3 Å². The van der Waals surface area contributed by atoms with Crippen LogP contribution in [0.15, 0.2) is 6.33 Å². The van der Waals surface area contributed by atoms with Crippen molar-refractivity contribution in [1.82, 2.24) is 14.8 Å². The summed E-state index contributed by atoms with van der Waals surface area (Å²) >= 11 is 0. The van der Waals surface area contributed by atoms with Gasteiger partial charge in [0.05, 0.1) is 12.1 Å². The van der Waals surface area contributed by atoms with E-state index in [0.29, 0.717) is 6.42 Å². The number of nitrogens with zero attached hydrogens (tertiary/aromatic N) is 3. The first-order valence-corrected chi connectivity index (χ1v) is 6.59. The molecule has 1 saturated heterocycles. The van der Waals surface area contributed by atoms with Gasteiger partial charge in [-0.2, -0.15) is 0 Å². The van der Waals surface area contributed by atoms with Gasteiger partial charge in [-0.25, -0.2) is 9.67 Å². The predicted octanol–water partition coefficient (Wildman–Crippen LogP) is -0.550. The molecule has 0 aromatic carbocycles. The molecule has 8 heteroatoms. The number of amides is 1. The third kappa shape index (κ3) is 2.09. The smallest absolute Gasteiger partial charge is 0.288 e. The zero-order chi connectivity index (χ0) is 14.5. The first-order valence-electron chi connectivity index (χ1n) is 6.59. The van der Waals surface area contributed by atoms with E-state index in [4.69, 9.17) is 15.2 Å². The van der Waals surface area contributed by atoms with Crippen LogP contribution in [0.1, 0.15) is 36.9 Å².